The SMILES string of the molecule is O=C1NC(=O)C(C2(O)C(=O)Nc3c(Cl)cc(Cl)cc32)C(=O)N1. The molecule has 0 radical (unpaired) electrons. The van der Waals surface area contributed by atoms with Gasteiger partial charge in [0.25, 0.3) is 5.91 Å². The van der Waals surface area contributed by atoms with Crippen molar-refractivity contribution in [1.82, 2.24) is 10.6 Å². The van der Waals surface area contributed by atoms with Gasteiger partial charge >= 0.3 is 6.03 Å². The Morgan fingerprint density at radius 3 is 2.18 bits per heavy atom. The molecule has 3 rings (SSSR count). The van der Waals surface area contributed by atoms with Crippen LogP contribution in [0.15, 0.2) is 12.1 Å². The molecular weight excluding hydrogens is 337 g/mol. The fraction of sp³-hybridized carbons (Fsp3) is 0.167. The van der Waals surface area contributed by atoms with E-state index in [1.54, 1.807) is 0 Å². The molecule has 0 saturated carbocycles. The number of halogens is 2. The first-order valence-corrected chi connectivity index (χ1v) is 6.69. The number of aliphatic hydroxyl groups is 1. The number of fused-ring (bicyclic) bond motifs is 1. The average molecular weight is 344 g/mol. The third-order valence-electron chi connectivity index (χ3n) is 3.47. The molecule has 22 heavy (non-hydrogen) atoms. The molecule has 8 nitrogen and oxygen atoms in total. The molecule has 114 valence electrons. The Kier molecular flexibility index (Phi) is 3.13. The monoisotopic (exact) mass is 343 g/mol. The number of carbonyl (C=O) groups excluding carboxylic acids is 4. The molecule has 4 N–H and O–H groups in total. The van der Waals surface area contributed by atoms with Crippen molar-refractivity contribution in [3.05, 3.63) is 27.7 Å². The quantitative estimate of drug-likeness (QED) is 0.539. The topological polar surface area (TPSA) is 125 Å². The summed E-state index contributed by atoms with van der Waals surface area (Å²) in [6, 6.07) is 1.52. The summed E-state index contributed by atoms with van der Waals surface area (Å²) in [5.74, 6) is -5.08. The molecule has 2 aliphatic heterocycles. The Morgan fingerprint density at radius 2 is 1.59 bits per heavy atom. The van der Waals surface area contributed by atoms with Crippen molar-refractivity contribution >= 4 is 52.6 Å². The predicted octanol–water partition coefficient (Wildman–Crippen LogP) is 0.115. The highest BCUT2D eigenvalue weighted by Crippen LogP contribution is 2.46. The largest absolute Gasteiger partial charge is 0.374 e. The van der Waals surface area contributed by atoms with Crippen LogP contribution in [0, 0.1) is 5.92 Å². The summed E-state index contributed by atoms with van der Waals surface area (Å²) in [5, 5.41) is 16.9. The number of barbiturate groups is 1. The fourth-order valence-electron chi connectivity index (χ4n) is 2.52. The van der Waals surface area contributed by atoms with Crippen molar-refractivity contribution < 1.29 is 24.3 Å². The average Bonchev–Trinajstić information content (AvgIpc) is 2.63. The molecule has 1 saturated heterocycles. The summed E-state index contributed by atoms with van der Waals surface area (Å²) in [6.07, 6.45) is 0. The first kappa shape index (κ1) is 14.8. The van der Waals surface area contributed by atoms with Gasteiger partial charge in [-0.05, 0) is 12.1 Å². The smallest absolute Gasteiger partial charge is 0.328 e. The number of hydrogen-bond acceptors (Lipinski definition) is 5. The van der Waals surface area contributed by atoms with Crippen molar-refractivity contribution in [2.75, 3.05) is 5.32 Å². The van der Waals surface area contributed by atoms with Crippen LogP contribution in [0.25, 0.3) is 0 Å². The number of carbonyl (C=O) groups is 4. The Bertz CT molecular complexity index is 745. The Balaban J connectivity index is 2.19. The molecule has 1 aromatic rings. The van der Waals surface area contributed by atoms with Crippen LogP contribution in [0.1, 0.15) is 5.56 Å². The maximum absolute atomic E-state index is 12.2. The van der Waals surface area contributed by atoms with Gasteiger partial charge in [-0.15, -0.1) is 0 Å². The molecular formula is C12H7Cl2N3O5. The maximum Gasteiger partial charge on any atom is 0.328 e. The highest BCUT2D eigenvalue weighted by Gasteiger charge is 2.59. The zero-order valence-electron chi connectivity index (χ0n) is 10.6. The zero-order valence-corrected chi connectivity index (χ0v) is 12.1. The first-order chi connectivity index (χ1) is 10.2. The van der Waals surface area contributed by atoms with Crippen molar-refractivity contribution in [2.45, 2.75) is 5.60 Å². The summed E-state index contributed by atoms with van der Waals surface area (Å²) in [7, 11) is 0. The number of imide groups is 2. The van der Waals surface area contributed by atoms with E-state index < -0.39 is 35.3 Å². The number of hydrogen-bond donors (Lipinski definition) is 4. The summed E-state index contributed by atoms with van der Waals surface area (Å²) in [4.78, 5) is 47.1. The van der Waals surface area contributed by atoms with Crippen molar-refractivity contribution in [3.63, 3.8) is 0 Å². The number of anilines is 1. The Morgan fingerprint density at radius 1 is 1.00 bits per heavy atom. The van der Waals surface area contributed by atoms with Gasteiger partial charge in [0.1, 0.15) is 0 Å². The minimum absolute atomic E-state index is 0.0412. The summed E-state index contributed by atoms with van der Waals surface area (Å²) >= 11 is 11.8. The molecule has 2 aliphatic rings. The van der Waals surface area contributed by atoms with Gasteiger partial charge in [0.2, 0.25) is 11.8 Å². The van der Waals surface area contributed by atoms with Crippen LogP contribution in [-0.2, 0) is 20.0 Å². The molecule has 2 heterocycles. The van der Waals surface area contributed by atoms with Crippen LogP contribution < -0.4 is 16.0 Å². The van der Waals surface area contributed by atoms with E-state index >= 15 is 0 Å². The minimum atomic E-state index is -2.53. The number of rotatable bonds is 1. The summed E-state index contributed by atoms with van der Waals surface area (Å²) in [5.41, 5.74) is -2.59. The summed E-state index contributed by atoms with van der Waals surface area (Å²) < 4.78 is 0. The molecule has 5 amide bonds. The molecule has 1 atom stereocenters. The van der Waals surface area contributed by atoms with Gasteiger partial charge in [-0.1, -0.05) is 23.2 Å². The molecule has 0 aliphatic carbocycles. The lowest BCUT2D eigenvalue weighted by Crippen LogP contribution is -2.63. The van der Waals surface area contributed by atoms with Crippen LogP contribution >= 0.6 is 23.2 Å². The van der Waals surface area contributed by atoms with Crippen molar-refractivity contribution in [2.24, 2.45) is 5.92 Å². The standard InChI is InChI=1S/C12H7Cl2N3O5/c13-3-1-4-7(5(14)2-3)15-10(20)12(4,22)6-8(18)16-11(21)17-9(6)19/h1-2,6,22H,(H,15,20)(H2,16,17,18,19,21). The van der Waals surface area contributed by atoms with E-state index in [4.69, 9.17) is 23.2 Å². The summed E-state index contributed by atoms with van der Waals surface area (Å²) in [6.45, 7) is 0. The zero-order chi connectivity index (χ0) is 16.2. The molecule has 10 heteroatoms. The van der Waals surface area contributed by atoms with Crippen molar-refractivity contribution in [1.29, 1.82) is 0 Å². The molecule has 0 bridgehead atoms. The molecule has 0 aromatic heterocycles. The van der Waals surface area contributed by atoms with Gasteiger partial charge in [0.15, 0.2) is 11.5 Å². The van der Waals surface area contributed by atoms with Gasteiger partial charge in [-0.25, -0.2) is 4.79 Å². The normalized spacial score (nSPS) is 24.7. The minimum Gasteiger partial charge on any atom is -0.374 e. The van der Waals surface area contributed by atoms with Crippen molar-refractivity contribution in [3.8, 4) is 0 Å². The molecule has 1 fully saturated rings. The molecule has 1 aromatic carbocycles. The Labute approximate surface area is 132 Å². The van der Waals surface area contributed by atoms with Crippen LogP contribution in [0.5, 0.6) is 0 Å². The fourth-order valence-corrected chi connectivity index (χ4v) is 3.06. The van der Waals surface area contributed by atoms with Crippen LogP contribution in [0.3, 0.4) is 0 Å². The van der Waals surface area contributed by atoms with E-state index in [9.17, 15) is 24.3 Å². The second kappa shape index (κ2) is 4.67. The maximum atomic E-state index is 12.2. The van der Waals surface area contributed by atoms with E-state index in [1.807, 2.05) is 10.6 Å². The number of nitrogens with one attached hydrogen (secondary N) is 3. The lowest BCUT2D eigenvalue weighted by atomic mass is 9.80. The lowest BCUT2D eigenvalue weighted by molar-refractivity contribution is -0.157. The highest BCUT2D eigenvalue weighted by molar-refractivity contribution is 6.38. The third kappa shape index (κ3) is 1.88. The second-order valence-electron chi connectivity index (χ2n) is 4.77. The van der Waals surface area contributed by atoms with E-state index in [0.29, 0.717) is 0 Å². The number of amides is 5. The molecule has 1 unspecified atom stereocenters. The highest BCUT2D eigenvalue weighted by atomic mass is 35.5. The van der Waals surface area contributed by atoms with Gasteiger partial charge in [0.05, 0.1) is 10.7 Å². The van der Waals surface area contributed by atoms with E-state index in [1.165, 1.54) is 12.1 Å². The van der Waals surface area contributed by atoms with E-state index in [0.717, 1.165) is 0 Å². The van der Waals surface area contributed by atoms with Gasteiger partial charge in [0, 0.05) is 10.6 Å². The first-order valence-electron chi connectivity index (χ1n) is 5.94. The van der Waals surface area contributed by atoms with Gasteiger partial charge in [-0.3, -0.25) is 25.0 Å². The number of benzene rings is 1. The van der Waals surface area contributed by atoms with Crippen LogP contribution in [-0.4, -0.2) is 28.9 Å². The third-order valence-corrected chi connectivity index (χ3v) is 3.98. The number of urea groups is 1. The van der Waals surface area contributed by atoms with Gasteiger partial charge < -0.3 is 10.4 Å². The Hall–Kier alpha value is -2.16. The predicted molar refractivity (Wildman–Crippen MR) is 74.2 cm³/mol. The van der Waals surface area contributed by atoms with Crippen LogP contribution in [0.2, 0.25) is 10.0 Å². The van der Waals surface area contributed by atoms with E-state index in [-0.39, 0.29) is 21.3 Å². The second-order valence-corrected chi connectivity index (χ2v) is 5.61. The van der Waals surface area contributed by atoms with Crippen LogP contribution in [0.4, 0.5) is 10.5 Å². The lowest BCUT2D eigenvalue weighted by Gasteiger charge is -2.31. The molecule has 0 spiro atoms. The van der Waals surface area contributed by atoms with E-state index in [2.05, 4.69) is 5.32 Å². The van der Waals surface area contributed by atoms with Gasteiger partial charge in [-0.2, -0.15) is 0 Å².